The van der Waals surface area contributed by atoms with Crippen LogP contribution in [-0.2, 0) is 0 Å². The van der Waals surface area contributed by atoms with Crippen LogP contribution in [0.25, 0.3) is 5.69 Å². The average molecular weight is 412 g/mol. The Morgan fingerprint density at radius 3 is 2.43 bits per heavy atom. The van der Waals surface area contributed by atoms with Gasteiger partial charge in [0.1, 0.15) is 22.9 Å². The lowest BCUT2D eigenvalue weighted by molar-refractivity contribution is 0.0961. The molecule has 0 aliphatic rings. The van der Waals surface area contributed by atoms with Crippen LogP contribution in [0.3, 0.4) is 0 Å². The van der Waals surface area contributed by atoms with E-state index in [4.69, 9.17) is 9.47 Å². The highest BCUT2D eigenvalue weighted by Gasteiger charge is 2.22. The Balaban J connectivity index is 2.33. The third kappa shape index (κ3) is 4.89. The summed E-state index contributed by atoms with van der Waals surface area (Å²) in [7, 11) is 3.11. The molecule has 0 fully saturated rings. The lowest BCUT2D eigenvalue weighted by Gasteiger charge is -2.22. The van der Waals surface area contributed by atoms with Crippen LogP contribution in [0.4, 0.5) is 0 Å². The van der Waals surface area contributed by atoms with Crippen molar-refractivity contribution in [2.24, 2.45) is 5.41 Å². The van der Waals surface area contributed by atoms with Crippen molar-refractivity contribution in [3.05, 3.63) is 65.9 Å². The number of benzene rings is 1. The van der Waals surface area contributed by atoms with E-state index in [1.807, 2.05) is 20.8 Å². The number of aliphatic hydroxyl groups excluding tert-OH is 1. The molecule has 0 spiro atoms. The van der Waals surface area contributed by atoms with Crippen LogP contribution in [0.1, 0.15) is 37.0 Å². The predicted molar refractivity (Wildman–Crippen MR) is 115 cm³/mol. The number of rotatable bonds is 7. The molecule has 8 heteroatoms. The van der Waals surface area contributed by atoms with Crippen LogP contribution in [0.15, 0.2) is 54.5 Å². The number of aromatic nitrogens is 3. The van der Waals surface area contributed by atoms with Crippen LogP contribution in [-0.4, -0.2) is 40.2 Å². The predicted octanol–water partition coefficient (Wildman–Crippen LogP) is 3.88. The van der Waals surface area contributed by atoms with Gasteiger partial charge in [-0.05, 0) is 30.5 Å². The maximum atomic E-state index is 12.7. The molecule has 0 radical (unpaired) electrons. The summed E-state index contributed by atoms with van der Waals surface area (Å²) >= 11 is 0. The number of hydrogen-bond donors (Lipinski definition) is 2. The van der Waals surface area contributed by atoms with Gasteiger partial charge in [-0.25, -0.2) is 4.68 Å². The van der Waals surface area contributed by atoms with Gasteiger partial charge in [-0.1, -0.05) is 39.1 Å². The maximum absolute atomic E-state index is 12.7. The van der Waals surface area contributed by atoms with E-state index >= 15 is 0 Å². The summed E-state index contributed by atoms with van der Waals surface area (Å²) in [5.41, 5.74) is 1.73. The average Bonchev–Trinajstić information content (AvgIpc) is 3.05. The number of amides is 1. The number of nitrogens with zero attached hydrogens (tertiary/aromatic N) is 3. The Morgan fingerprint density at radius 1 is 1.23 bits per heavy atom. The van der Waals surface area contributed by atoms with Gasteiger partial charge in [0.25, 0.3) is 5.91 Å². The molecule has 2 N–H and O–H groups in total. The standard InChI is InChI=1S/C22H28N4O4/c1-13(11-17(15(3)27)22(4,5)6)23-21(28)20-14(2)26(25-24-20)18-12-16(29-7)9-10-19(18)30-8/h9-12,27H,1,3H2,2,4-8H3,(H,23,28)/b17-11+. The number of carbonyl (C=O) groups is 1. The SMILES string of the molecule is C=C(/C=C(\C(=C)O)C(C)(C)C)NC(=O)c1nnn(-c2cc(OC)ccc2OC)c1C. The molecular weight excluding hydrogens is 384 g/mol. The highest BCUT2D eigenvalue weighted by molar-refractivity contribution is 5.94. The van der Waals surface area contributed by atoms with Crippen molar-refractivity contribution in [1.82, 2.24) is 20.3 Å². The van der Waals surface area contributed by atoms with E-state index < -0.39 is 5.91 Å². The molecule has 0 aliphatic carbocycles. The van der Waals surface area contributed by atoms with E-state index in [-0.39, 0.29) is 16.9 Å². The first kappa shape index (κ1) is 22.7. The first-order chi connectivity index (χ1) is 14.0. The normalized spacial score (nSPS) is 11.7. The lowest BCUT2D eigenvalue weighted by Crippen LogP contribution is -2.24. The molecule has 30 heavy (non-hydrogen) atoms. The Kier molecular flexibility index (Phi) is 6.71. The summed E-state index contributed by atoms with van der Waals surface area (Å²) in [4.78, 5) is 12.7. The van der Waals surface area contributed by atoms with Crippen molar-refractivity contribution in [2.75, 3.05) is 14.2 Å². The van der Waals surface area contributed by atoms with Crippen molar-refractivity contribution in [3.8, 4) is 17.2 Å². The first-order valence-corrected chi connectivity index (χ1v) is 9.25. The summed E-state index contributed by atoms with van der Waals surface area (Å²) in [6, 6.07) is 5.25. The number of aliphatic hydroxyl groups is 1. The molecule has 1 aromatic carbocycles. The third-order valence-corrected chi connectivity index (χ3v) is 4.44. The van der Waals surface area contributed by atoms with Gasteiger partial charge in [-0.2, -0.15) is 0 Å². The van der Waals surface area contributed by atoms with E-state index in [0.717, 1.165) is 0 Å². The van der Waals surface area contributed by atoms with Gasteiger partial charge in [-0.15, -0.1) is 5.10 Å². The Labute approximate surface area is 176 Å². The quantitative estimate of drug-likeness (QED) is 0.529. The molecular formula is C22H28N4O4. The van der Waals surface area contributed by atoms with Crippen LogP contribution in [0.2, 0.25) is 0 Å². The molecule has 0 saturated heterocycles. The molecule has 0 bridgehead atoms. The Hall–Kier alpha value is -3.55. The zero-order valence-electron chi connectivity index (χ0n) is 18.2. The van der Waals surface area contributed by atoms with Crippen LogP contribution in [0, 0.1) is 12.3 Å². The monoisotopic (exact) mass is 412 g/mol. The van der Waals surface area contributed by atoms with E-state index in [1.54, 1.807) is 45.4 Å². The fourth-order valence-corrected chi connectivity index (χ4v) is 2.88. The van der Waals surface area contributed by atoms with Gasteiger partial charge in [-0.3, -0.25) is 4.79 Å². The topological polar surface area (TPSA) is 98.5 Å². The minimum absolute atomic E-state index is 0.0786. The lowest BCUT2D eigenvalue weighted by atomic mass is 9.85. The molecule has 0 unspecified atom stereocenters. The first-order valence-electron chi connectivity index (χ1n) is 9.25. The van der Waals surface area contributed by atoms with Crippen molar-refractivity contribution >= 4 is 5.91 Å². The fourth-order valence-electron chi connectivity index (χ4n) is 2.88. The zero-order chi connectivity index (χ0) is 22.6. The van der Waals surface area contributed by atoms with E-state index in [1.165, 1.54) is 4.68 Å². The summed E-state index contributed by atoms with van der Waals surface area (Å²) in [6.07, 6.45) is 1.59. The highest BCUT2D eigenvalue weighted by Crippen LogP contribution is 2.30. The minimum Gasteiger partial charge on any atom is -0.508 e. The van der Waals surface area contributed by atoms with Gasteiger partial charge in [0.05, 0.1) is 19.9 Å². The number of ether oxygens (including phenoxy) is 2. The molecule has 0 aliphatic heterocycles. The molecule has 2 rings (SSSR count). The maximum Gasteiger partial charge on any atom is 0.278 e. The fraction of sp³-hybridized carbons (Fsp3) is 0.318. The zero-order valence-corrected chi connectivity index (χ0v) is 18.2. The van der Waals surface area contributed by atoms with E-state index in [2.05, 4.69) is 28.8 Å². The van der Waals surface area contributed by atoms with E-state index in [0.29, 0.717) is 34.2 Å². The summed E-state index contributed by atoms with van der Waals surface area (Å²) in [5.74, 6) is 0.618. The molecule has 1 aromatic heterocycles. The second-order valence-electron chi connectivity index (χ2n) is 7.71. The largest absolute Gasteiger partial charge is 0.508 e. The van der Waals surface area contributed by atoms with Crippen molar-refractivity contribution in [1.29, 1.82) is 0 Å². The molecule has 8 nitrogen and oxygen atoms in total. The molecule has 0 atom stereocenters. The van der Waals surface area contributed by atoms with Gasteiger partial charge in [0.15, 0.2) is 5.69 Å². The van der Waals surface area contributed by atoms with Gasteiger partial charge < -0.3 is 19.9 Å². The number of nitrogens with one attached hydrogen (secondary N) is 1. The van der Waals surface area contributed by atoms with Crippen LogP contribution in [0.5, 0.6) is 11.5 Å². The number of methoxy groups -OCH3 is 2. The van der Waals surface area contributed by atoms with Crippen molar-refractivity contribution in [2.45, 2.75) is 27.7 Å². The molecule has 1 heterocycles. The highest BCUT2D eigenvalue weighted by atomic mass is 16.5. The summed E-state index contributed by atoms with van der Waals surface area (Å²) in [5, 5.41) is 20.6. The second-order valence-corrected chi connectivity index (χ2v) is 7.71. The summed E-state index contributed by atoms with van der Waals surface area (Å²) in [6.45, 7) is 14.9. The Morgan fingerprint density at radius 2 is 1.90 bits per heavy atom. The summed E-state index contributed by atoms with van der Waals surface area (Å²) < 4.78 is 12.2. The molecule has 1 amide bonds. The number of hydrogen-bond acceptors (Lipinski definition) is 6. The third-order valence-electron chi connectivity index (χ3n) is 4.44. The van der Waals surface area contributed by atoms with E-state index in [9.17, 15) is 9.90 Å². The molecule has 160 valence electrons. The Bertz CT molecular complexity index is 1010. The molecule has 2 aromatic rings. The van der Waals surface area contributed by atoms with Crippen LogP contribution >= 0.6 is 0 Å². The van der Waals surface area contributed by atoms with Crippen LogP contribution < -0.4 is 14.8 Å². The molecule has 0 saturated carbocycles. The van der Waals surface area contributed by atoms with Crippen molar-refractivity contribution in [3.63, 3.8) is 0 Å². The van der Waals surface area contributed by atoms with Gasteiger partial charge in [0.2, 0.25) is 0 Å². The second kappa shape index (κ2) is 8.86. The minimum atomic E-state index is -0.473. The van der Waals surface area contributed by atoms with Gasteiger partial charge in [0, 0.05) is 17.3 Å². The number of carbonyl (C=O) groups excluding carboxylic acids is 1. The van der Waals surface area contributed by atoms with Crippen molar-refractivity contribution < 1.29 is 19.4 Å². The smallest absolute Gasteiger partial charge is 0.278 e. The number of allylic oxidation sites excluding steroid dienone is 2. The van der Waals surface area contributed by atoms with Gasteiger partial charge >= 0.3 is 0 Å².